The number of halogens is 1. The number of aromatic nitrogens is 2. The predicted octanol–water partition coefficient (Wildman–Crippen LogP) is 2.14. The van der Waals surface area contributed by atoms with Crippen molar-refractivity contribution in [2.45, 2.75) is 44.4 Å². The van der Waals surface area contributed by atoms with Crippen molar-refractivity contribution >= 4 is 42.4 Å². The lowest BCUT2D eigenvalue weighted by molar-refractivity contribution is -0.109. The monoisotopic (exact) mass is 492 g/mol. The number of carbonyl (C=O) groups excluding carboxylic acids is 2. The van der Waals surface area contributed by atoms with Crippen molar-refractivity contribution in [2.24, 2.45) is 4.99 Å². The zero-order valence-electron chi connectivity index (χ0n) is 18.1. The van der Waals surface area contributed by atoms with E-state index in [0.717, 1.165) is 11.8 Å². The fraction of sp³-hybridized carbons (Fsp3) is 0.667. The molecule has 178 valence electrons. The zero-order valence-corrected chi connectivity index (χ0v) is 19.8. The van der Waals surface area contributed by atoms with Gasteiger partial charge in [-0.3, -0.25) is 23.2 Å². The lowest BCUT2D eigenvalue weighted by atomic mass is 9.96. The molecular weight excluding hydrogens is 466 g/mol. The molecule has 1 aromatic heterocycles. The van der Waals surface area contributed by atoms with Crippen LogP contribution in [0, 0.1) is 0 Å². The highest BCUT2D eigenvalue weighted by molar-refractivity contribution is 8.13. The molecule has 2 aliphatic rings. The third-order valence-electron chi connectivity index (χ3n) is 5.08. The smallest absolute Gasteiger partial charge is 0.384 e. The van der Waals surface area contributed by atoms with Gasteiger partial charge in [-0.1, -0.05) is 11.8 Å². The van der Waals surface area contributed by atoms with Crippen molar-refractivity contribution in [3.63, 3.8) is 0 Å². The standard InChI is InChI=1S/C18H26FN4O7PS/c1-11(24)32-8-7-28-31(27,22(3)4)29-9-13-18(2,26)15(19)17(30-13)23-10-21-14-12(25)5-6-20-16(14)23/h6,10,13,15,17,26H,5,7-9H2,1-4H3/t13-,15-,17-,18?,31?/m1/s1. The number of ketones is 1. The van der Waals surface area contributed by atoms with Gasteiger partial charge in [0.05, 0.1) is 19.5 Å². The summed E-state index contributed by atoms with van der Waals surface area (Å²) in [6.07, 6.45) is -1.68. The molecule has 0 bridgehead atoms. The molecule has 0 aromatic carbocycles. The molecule has 5 atom stereocenters. The van der Waals surface area contributed by atoms with Crippen molar-refractivity contribution in [1.29, 1.82) is 0 Å². The van der Waals surface area contributed by atoms with Gasteiger partial charge in [-0.15, -0.1) is 0 Å². The molecule has 14 heteroatoms. The van der Waals surface area contributed by atoms with Crippen LogP contribution in [0.2, 0.25) is 0 Å². The Morgan fingerprint density at radius 1 is 1.50 bits per heavy atom. The molecule has 32 heavy (non-hydrogen) atoms. The van der Waals surface area contributed by atoms with Crippen molar-refractivity contribution in [1.82, 2.24) is 14.2 Å². The number of alkyl halides is 1. The lowest BCUT2D eigenvalue weighted by Gasteiger charge is -2.28. The summed E-state index contributed by atoms with van der Waals surface area (Å²) in [6, 6.07) is 0. The highest BCUT2D eigenvalue weighted by atomic mass is 32.2. The van der Waals surface area contributed by atoms with E-state index >= 15 is 4.39 Å². The van der Waals surface area contributed by atoms with E-state index in [1.54, 1.807) is 0 Å². The topological polar surface area (TPSA) is 133 Å². The van der Waals surface area contributed by atoms with Crippen LogP contribution < -0.4 is 0 Å². The Morgan fingerprint density at radius 2 is 2.22 bits per heavy atom. The van der Waals surface area contributed by atoms with Gasteiger partial charge in [0.1, 0.15) is 11.7 Å². The summed E-state index contributed by atoms with van der Waals surface area (Å²) in [5.74, 6) is 0.186. The average Bonchev–Trinajstić information content (AvgIpc) is 3.24. The highest BCUT2D eigenvalue weighted by Crippen LogP contribution is 2.51. The third-order valence-corrected chi connectivity index (χ3v) is 7.82. The van der Waals surface area contributed by atoms with Gasteiger partial charge in [0, 0.05) is 25.3 Å². The first-order chi connectivity index (χ1) is 15.0. The van der Waals surface area contributed by atoms with Gasteiger partial charge in [0.25, 0.3) is 0 Å². The third kappa shape index (κ3) is 5.04. The van der Waals surface area contributed by atoms with Crippen LogP contribution in [0.4, 0.5) is 10.2 Å². The fourth-order valence-electron chi connectivity index (χ4n) is 3.20. The Labute approximate surface area is 188 Å². The van der Waals surface area contributed by atoms with Gasteiger partial charge < -0.3 is 9.84 Å². The van der Waals surface area contributed by atoms with E-state index in [1.807, 2.05) is 0 Å². The predicted molar refractivity (Wildman–Crippen MR) is 115 cm³/mol. The maximum absolute atomic E-state index is 15.2. The minimum Gasteiger partial charge on any atom is -0.384 e. The van der Waals surface area contributed by atoms with E-state index in [-0.39, 0.29) is 41.2 Å². The van der Waals surface area contributed by atoms with Gasteiger partial charge in [-0.2, -0.15) is 0 Å². The molecule has 1 fully saturated rings. The zero-order chi connectivity index (χ0) is 23.7. The highest BCUT2D eigenvalue weighted by Gasteiger charge is 2.55. The van der Waals surface area contributed by atoms with Gasteiger partial charge in [-0.25, -0.2) is 23.6 Å². The summed E-state index contributed by atoms with van der Waals surface area (Å²) >= 11 is 1.02. The fourth-order valence-corrected chi connectivity index (χ4v) is 4.96. The van der Waals surface area contributed by atoms with Crippen LogP contribution in [0.15, 0.2) is 11.3 Å². The van der Waals surface area contributed by atoms with Crippen molar-refractivity contribution in [3.8, 4) is 0 Å². The molecule has 0 aliphatic carbocycles. The minimum absolute atomic E-state index is 0.0107. The van der Waals surface area contributed by atoms with E-state index in [9.17, 15) is 19.3 Å². The molecule has 1 N–H and O–H groups in total. The van der Waals surface area contributed by atoms with Crippen LogP contribution in [0.5, 0.6) is 0 Å². The normalized spacial score (nSPS) is 29.3. The number of aliphatic imine (C=N–C) groups is 1. The number of fused-ring (bicyclic) bond motifs is 1. The molecule has 0 spiro atoms. The molecule has 3 rings (SSSR count). The van der Waals surface area contributed by atoms with Crippen LogP contribution in [0.1, 0.15) is 37.0 Å². The Morgan fingerprint density at radius 3 is 2.88 bits per heavy atom. The van der Waals surface area contributed by atoms with Crippen molar-refractivity contribution < 1.29 is 37.4 Å². The van der Waals surface area contributed by atoms with E-state index in [0.29, 0.717) is 0 Å². The molecule has 0 amide bonds. The second-order valence-electron chi connectivity index (χ2n) is 7.69. The lowest BCUT2D eigenvalue weighted by Crippen LogP contribution is -2.44. The molecule has 11 nitrogen and oxygen atoms in total. The molecule has 0 radical (unpaired) electrons. The van der Waals surface area contributed by atoms with Crippen LogP contribution in [0.25, 0.3) is 0 Å². The first-order valence-electron chi connectivity index (χ1n) is 9.82. The van der Waals surface area contributed by atoms with Crippen LogP contribution in [0.3, 0.4) is 0 Å². The molecule has 1 aromatic rings. The van der Waals surface area contributed by atoms with E-state index in [2.05, 4.69) is 9.98 Å². The number of Topliss-reactive ketones (excluding diaryl/α,β-unsaturated/α-hetero) is 1. The molecular formula is C18H26FN4O7PS. The average molecular weight is 492 g/mol. The van der Waals surface area contributed by atoms with Crippen LogP contribution in [-0.4, -0.2) is 87.4 Å². The Bertz CT molecular complexity index is 954. The van der Waals surface area contributed by atoms with E-state index in [4.69, 9.17) is 13.8 Å². The largest absolute Gasteiger partial charge is 0.407 e. The Hall–Kier alpha value is -1.47. The molecule has 2 aliphatic heterocycles. The van der Waals surface area contributed by atoms with Crippen molar-refractivity contribution in [2.75, 3.05) is 33.1 Å². The van der Waals surface area contributed by atoms with Crippen LogP contribution >= 0.6 is 19.5 Å². The minimum atomic E-state index is -3.78. The summed E-state index contributed by atoms with van der Waals surface area (Å²) in [7, 11) is -0.806. The van der Waals surface area contributed by atoms with E-state index in [1.165, 1.54) is 49.7 Å². The summed E-state index contributed by atoms with van der Waals surface area (Å²) in [4.78, 5) is 31.1. The maximum Gasteiger partial charge on any atom is 0.407 e. The summed E-state index contributed by atoms with van der Waals surface area (Å²) in [5, 5.41) is 10.7. The summed E-state index contributed by atoms with van der Waals surface area (Å²) in [6.45, 7) is 2.21. The quantitative estimate of drug-likeness (QED) is 0.404. The SMILES string of the molecule is CC(=O)SCCOP(=O)(OC[C@H]1O[C@@H](n2cnc3c2N=CCC3=O)[C@@H](F)C1(C)O)N(C)C. The van der Waals surface area contributed by atoms with E-state index < -0.39 is 38.5 Å². The second-order valence-corrected chi connectivity index (χ2v) is 11.2. The maximum atomic E-state index is 15.2. The number of hydrogen-bond acceptors (Lipinski definition) is 10. The number of rotatable bonds is 9. The van der Waals surface area contributed by atoms with Crippen molar-refractivity contribution in [3.05, 3.63) is 12.0 Å². The summed E-state index contributed by atoms with van der Waals surface area (Å²) < 4.78 is 47.3. The van der Waals surface area contributed by atoms with Gasteiger partial charge in [0.15, 0.2) is 34.8 Å². The molecule has 2 unspecified atom stereocenters. The van der Waals surface area contributed by atoms with Gasteiger partial charge in [-0.05, 0) is 21.0 Å². The first kappa shape index (κ1) is 25.2. The Balaban J connectivity index is 1.71. The number of nitrogens with zero attached hydrogens (tertiary/aromatic N) is 4. The number of ether oxygens (including phenoxy) is 1. The first-order valence-corrected chi connectivity index (χ1v) is 12.3. The molecule has 0 saturated carbocycles. The van der Waals surface area contributed by atoms with Gasteiger partial charge >= 0.3 is 7.75 Å². The molecule has 1 saturated heterocycles. The van der Waals surface area contributed by atoms with Gasteiger partial charge in [0.2, 0.25) is 0 Å². The Kier molecular flexibility index (Phi) is 7.70. The number of aliphatic hydroxyl groups is 1. The number of hydrogen-bond donors (Lipinski definition) is 1. The molecule has 3 heterocycles. The van der Waals surface area contributed by atoms with Crippen LogP contribution in [-0.2, 0) is 23.1 Å². The number of thioether (sulfide) groups is 1. The summed E-state index contributed by atoms with van der Waals surface area (Å²) in [5.41, 5.74) is -1.89. The number of carbonyl (C=O) groups is 2. The number of imidazole rings is 1. The second kappa shape index (κ2) is 9.80.